The summed E-state index contributed by atoms with van der Waals surface area (Å²) >= 11 is 0. The normalized spacial score (nSPS) is 11.8. The average Bonchev–Trinajstić information content (AvgIpc) is 3.90. The molecule has 71 heavy (non-hydrogen) atoms. The van der Waals surface area contributed by atoms with Crippen molar-refractivity contribution in [2.45, 2.75) is 40.8 Å². The Hall–Kier alpha value is -8.38. The minimum atomic E-state index is -2.23. The summed E-state index contributed by atoms with van der Waals surface area (Å²) in [7, 11) is -2.23. The Morgan fingerprint density at radius 2 is 0.620 bits per heavy atom. The molecule has 0 aliphatic heterocycles. The van der Waals surface area contributed by atoms with Gasteiger partial charge in [0, 0.05) is 67.0 Å². The van der Waals surface area contributed by atoms with Gasteiger partial charge in [-0.2, -0.15) is 0 Å². The molecule has 0 fully saturated rings. The van der Waals surface area contributed by atoms with Crippen molar-refractivity contribution in [2.75, 3.05) is 9.80 Å². The van der Waals surface area contributed by atoms with Crippen molar-refractivity contribution in [2.24, 2.45) is 0 Å². The maximum absolute atomic E-state index is 2.51. The van der Waals surface area contributed by atoms with Gasteiger partial charge in [-0.05, 0) is 160 Å². The molecule has 5 heteroatoms. The lowest BCUT2D eigenvalue weighted by Gasteiger charge is -2.31. The van der Waals surface area contributed by atoms with E-state index in [4.69, 9.17) is 0 Å². The van der Waals surface area contributed by atoms with Gasteiger partial charge in [0.15, 0.2) is 0 Å². The molecule has 2 heterocycles. The van der Waals surface area contributed by atoms with Gasteiger partial charge in [0.1, 0.15) is 8.07 Å². The first-order chi connectivity index (χ1) is 34.6. The summed E-state index contributed by atoms with van der Waals surface area (Å²) in [5.41, 5.74) is 19.1. The van der Waals surface area contributed by atoms with Gasteiger partial charge in [0.25, 0.3) is 0 Å². The van der Waals surface area contributed by atoms with Crippen LogP contribution in [0, 0.1) is 27.7 Å². The van der Waals surface area contributed by atoms with Crippen LogP contribution in [0.3, 0.4) is 0 Å². The molecule has 0 spiro atoms. The molecule has 2 aromatic heterocycles. The van der Waals surface area contributed by atoms with Crippen LogP contribution in [0.5, 0.6) is 0 Å². The van der Waals surface area contributed by atoms with E-state index in [-0.39, 0.29) is 0 Å². The maximum Gasteiger partial charge on any atom is 0.112 e. The van der Waals surface area contributed by atoms with Crippen LogP contribution in [-0.2, 0) is 0 Å². The molecule has 0 unspecified atom stereocenters. The molecule has 0 aliphatic carbocycles. The molecule has 4 nitrogen and oxygen atoms in total. The SMILES string of the molecule is Cc1ccc(N(c2ccc([Si](C)(C)c3ccc(N(c4ccc(C)cc4)c4ccc5c(c4)c4ccccc4n5-c4ccccc4)cc3C)c(C)c2)c2ccc3c(c2)c2ccccc2n3-c2ccccc2)cc1. The topological polar surface area (TPSA) is 16.3 Å². The lowest BCUT2D eigenvalue weighted by atomic mass is 10.1. The van der Waals surface area contributed by atoms with Crippen LogP contribution in [0.25, 0.3) is 55.0 Å². The lowest BCUT2D eigenvalue weighted by Crippen LogP contribution is -2.54. The van der Waals surface area contributed by atoms with E-state index >= 15 is 0 Å². The van der Waals surface area contributed by atoms with E-state index in [2.05, 4.69) is 290 Å². The predicted octanol–water partition coefficient (Wildman–Crippen LogP) is 16.9. The van der Waals surface area contributed by atoms with Gasteiger partial charge in [0.05, 0.1) is 22.1 Å². The highest BCUT2D eigenvalue weighted by atomic mass is 28.3. The predicted molar refractivity (Wildman–Crippen MR) is 307 cm³/mol. The lowest BCUT2D eigenvalue weighted by molar-refractivity contribution is 1.18. The van der Waals surface area contributed by atoms with E-state index in [0.717, 1.165) is 45.5 Å². The minimum absolute atomic E-state index is 1.13. The minimum Gasteiger partial charge on any atom is -0.310 e. The molecule has 0 radical (unpaired) electrons. The molecule has 0 atom stereocenters. The van der Waals surface area contributed by atoms with Crippen LogP contribution in [0.4, 0.5) is 34.1 Å². The molecule has 344 valence electrons. The average molecular weight is 933 g/mol. The zero-order valence-corrected chi connectivity index (χ0v) is 42.2. The fourth-order valence-corrected chi connectivity index (χ4v) is 14.7. The number of hydrogen-bond donors (Lipinski definition) is 0. The van der Waals surface area contributed by atoms with E-state index < -0.39 is 8.07 Å². The number of para-hydroxylation sites is 4. The van der Waals surface area contributed by atoms with Gasteiger partial charge in [-0.25, -0.2) is 0 Å². The molecule has 10 aromatic carbocycles. The van der Waals surface area contributed by atoms with E-state index in [0.29, 0.717) is 0 Å². The zero-order chi connectivity index (χ0) is 48.4. The first kappa shape index (κ1) is 43.9. The smallest absolute Gasteiger partial charge is 0.112 e. The second-order valence-corrected chi connectivity index (χ2v) is 24.1. The third-order valence-corrected chi connectivity index (χ3v) is 18.5. The molecule has 0 aliphatic rings. The molecular formula is C66H56N4Si. The van der Waals surface area contributed by atoms with E-state index in [9.17, 15) is 0 Å². The highest BCUT2D eigenvalue weighted by molar-refractivity contribution is 7.01. The highest BCUT2D eigenvalue weighted by Crippen LogP contribution is 2.42. The summed E-state index contributed by atoms with van der Waals surface area (Å²) < 4.78 is 4.77. The van der Waals surface area contributed by atoms with Crippen molar-refractivity contribution in [1.29, 1.82) is 0 Å². The van der Waals surface area contributed by atoms with Crippen LogP contribution >= 0.6 is 0 Å². The Labute approximate surface area is 417 Å². The van der Waals surface area contributed by atoms with Crippen molar-refractivity contribution in [3.05, 3.63) is 253 Å². The van der Waals surface area contributed by atoms with Gasteiger partial charge >= 0.3 is 0 Å². The second-order valence-electron chi connectivity index (χ2n) is 19.7. The van der Waals surface area contributed by atoms with Crippen LogP contribution in [0.15, 0.2) is 231 Å². The largest absolute Gasteiger partial charge is 0.310 e. The van der Waals surface area contributed by atoms with Crippen molar-refractivity contribution in [1.82, 2.24) is 9.13 Å². The number of hydrogen-bond acceptors (Lipinski definition) is 2. The van der Waals surface area contributed by atoms with Crippen LogP contribution < -0.4 is 20.2 Å². The third kappa shape index (κ3) is 7.61. The van der Waals surface area contributed by atoms with Crippen molar-refractivity contribution in [3.63, 3.8) is 0 Å². The summed E-state index contributed by atoms with van der Waals surface area (Å²) in [6.07, 6.45) is 0. The number of nitrogens with zero attached hydrogens (tertiary/aromatic N) is 4. The van der Waals surface area contributed by atoms with E-state index in [1.54, 1.807) is 0 Å². The van der Waals surface area contributed by atoms with Crippen LogP contribution in [0.2, 0.25) is 13.1 Å². The Morgan fingerprint density at radius 3 is 1.01 bits per heavy atom. The van der Waals surface area contributed by atoms with Gasteiger partial charge < -0.3 is 18.9 Å². The molecule has 0 bridgehead atoms. The summed E-state index contributed by atoms with van der Waals surface area (Å²) in [6.45, 7) is 14.0. The van der Waals surface area contributed by atoms with Crippen LogP contribution in [0.1, 0.15) is 22.3 Å². The second kappa shape index (κ2) is 17.5. The summed E-state index contributed by atoms with van der Waals surface area (Å²) in [4.78, 5) is 4.85. The fraction of sp³-hybridized carbons (Fsp3) is 0.0909. The Balaban J connectivity index is 0.926. The standard InChI is InChI=1S/C66H56N4Si/c1-45-25-29-51(30-26-45)67(55-33-37-63-59(43-55)57-21-13-15-23-61(57)69(63)49-17-9-7-10-18-49)53-35-39-65(47(3)41-53)71(5,6)66-40-36-54(42-48(66)4)68(52-31-27-46(2)28-32-52)56-34-38-64-60(44-56)58-22-14-16-24-62(58)70(64)50-19-11-8-12-20-50/h7-44H,1-6H3. The highest BCUT2D eigenvalue weighted by Gasteiger charge is 2.31. The van der Waals surface area contributed by atoms with Crippen molar-refractivity contribution >= 4 is 96.2 Å². The molecule has 12 aromatic rings. The molecule has 0 N–H and O–H groups in total. The van der Waals surface area contributed by atoms with Gasteiger partial charge in [-0.3, -0.25) is 0 Å². The Kier molecular flexibility index (Phi) is 10.8. The molecule has 0 saturated heterocycles. The number of benzene rings is 10. The molecule has 12 rings (SSSR count). The van der Waals surface area contributed by atoms with Crippen molar-refractivity contribution < 1.29 is 0 Å². The Bertz CT molecular complexity index is 3680. The number of aryl methyl sites for hydroxylation is 4. The number of aromatic nitrogens is 2. The zero-order valence-electron chi connectivity index (χ0n) is 41.2. The van der Waals surface area contributed by atoms with Gasteiger partial charge in [-0.1, -0.05) is 144 Å². The molecule has 0 saturated carbocycles. The fourth-order valence-electron chi connectivity index (χ4n) is 11.3. The molecular weight excluding hydrogens is 877 g/mol. The number of anilines is 6. The van der Waals surface area contributed by atoms with E-state index in [1.165, 1.54) is 76.2 Å². The molecule has 0 amide bonds. The first-order valence-corrected chi connectivity index (χ1v) is 27.8. The monoisotopic (exact) mass is 932 g/mol. The van der Waals surface area contributed by atoms with Crippen molar-refractivity contribution in [3.8, 4) is 11.4 Å². The first-order valence-electron chi connectivity index (χ1n) is 24.8. The summed E-state index contributed by atoms with van der Waals surface area (Å²) in [6, 6.07) is 85.1. The third-order valence-electron chi connectivity index (χ3n) is 14.7. The Morgan fingerprint density at radius 1 is 0.296 bits per heavy atom. The van der Waals surface area contributed by atoms with Gasteiger partial charge in [0.2, 0.25) is 0 Å². The summed E-state index contributed by atoms with van der Waals surface area (Å²) in [5, 5.41) is 7.84. The summed E-state index contributed by atoms with van der Waals surface area (Å²) in [5.74, 6) is 0. The van der Waals surface area contributed by atoms with Crippen LogP contribution in [-0.4, -0.2) is 17.2 Å². The number of fused-ring (bicyclic) bond motifs is 6. The maximum atomic E-state index is 2.51. The van der Waals surface area contributed by atoms with Gasteiger partial charge in [-0.15, -0.1) is 0 Å². The number of rotatable bonds is 10. The quantitative estimate of drug-likeness (QED) is 0.127. The van der Waals surface area contributed by atoms with E-state index in [1.807, 2.05) is 0 Å².